The van der Waals surface area contributed by atoms with Gasteiger partial charge in [0.2, 0.25) is 6.43 Å². The zero-order chi connectivity index (χ0) is 18.3. The molecule has 0 heterocycles. The smallest absolute Gasteiger partial charge is 0.314 e. The third-order valence-corrected chi connectivity index (χ3v) is 6.03. The van der Waals surface area contributed by atoms with Crippen molar-refractivity contribution in [1.29, 1.82) is 0 Å². The molecule has 2 aliphatic carbocycles. The summed E-state index contributed by atoms with van der Waals surface area (Å²) in [6.07, 6.45) is 13.6. The van der Waals surface area contributed by atoms with Crippen molar-refractivity contribution < 1.29 is 18.7 Å². The monoisotopic (exact) mass is 354 g/mol. The molecule has 0 saturated heterocycles. The Morgan fingerprint density at radius 1 is 1.24 bits per heavy atom. The van der Waals surface area contributed by atoms with Crippen LogP contribution in [-0.2, 0) is 4.79 Å². The molecule has 0 spiro atoms. The molecule has 25 heavy (non-hydrogen) atoms. The maximum Gasteiger partial charge on any atom is 0.314 e. The second-order valence-electron chi connectivity index (χ2n) is 7.87. The highest BCUT2D eigenvalue weighted by Gasteiger charge is 2.40. The topological polar surface area (TPSA) is 37.3 Å². The van der Waals surface area contributed by atoms with Crippen LogP contribution >= 0.6 is 0 Å². The lowest BCUT2D eigenvalue weighted by atomic mass is 9.72. The first-order valence-corrected chi connectivity index (χ1v) is 9.87. The molecule has 1 unspecified atom stereocenters. The second-order valence-corrected chi connectivity index (χ2v) is 7.87. The summed E-state index contributed by atoms with van der Waals surface area (Å²) in [5, 5.41) is 9.38. The molecule has 2 rings (SSSR count). The van der Waals surface area contributed by atoms with Crippen LogP contribution in [0.2, 0.25) is 0 Å². The number of hydrogen-bond donors (Lipinski definition) is 1. The molecular weight excluding hydrogens is 322 g/mol. The van der Waals surface area contributed by atoms with Crippen LogP contribution in [0.3, 0.4) is 0 Å². The van der Waals surface area contributed by atoms with Gasteiger partial charge >= 0.3 is 5.97 Å². The first-order chi connectivity index (χ1) is 12.0. The Morgan fingerprint density at radius 2 is 1.96 bits per heavy atom. The van der Waals surface area contributed by atoms with Crippen molar-refractivity contribution in [2.45, 2.75) is 84.0 Å². The SMILES string of the molecule is CCCCCC[C@H]1CC[C@H](C2=CCC(CC(F)F)(C(=O)O)C=C2)CC1. The molecule has 2 nitrogen and oxygen atoms in total. The van der Waals surface area contributed by atoms with Crippen LogP contribution < -0.4 is 0 Å². The Morgan fingerprint density at radius 3 is 2.48 bits per heavy atom. The number of aliphatic carboxylic acids is 1. The number of halogens is 2. The van der Waals surface area contributed by atoms with Crippen LogP contribution in [-0.4, -0.2) is 17.5 Å². The lowest BCUT2D eigenvalue weighted by Crippen LogP contribution is -2.32. The van der Waals surface area contributed by atoms with Crippen LogP contribution in [0.1, 0.15) is 77.6 Å². The third-order valence-electron chi connectivity index (χ3n) is 6.03. The minimum atomic E-state index is -2.60. The Labute approximate surface area is 150 Å². The molecule has 2 aliphatic rings. The predicted molar refractivity (Wildman–Crippen MR) is 96.7 cm³/mol. The van der Waals surface area contributed by atoms with E-state index in [0.717, 1.165) is 24.3 Å². The van der Waals surface area contributed by atoms with E-state index < -0.39 is 24.2 Å². The fourth-order valence-electron chi connectivity index (χ4n) is 4.31. The molecule has 4 heteroatoms. The zero-order valence-electron chi connectivity index (χ0n) is 15.4. The van der Waals surface area contributed by atoms with Gasteiger partial charge in [-0.25, -0.2) is 8.78 Å². The van der Waals surface area contributed by atoms with Gasteiger partial charge in [0.1, 0.15) is 0 Å². The average Bonchev–Trinajstić information content (AvgIpc) is 2.59. The van der Waals surface area contributed by atoms with Crippen LogP contribution in [0, 0.1) is 17.3 Å². The first-order valence-electron chi connectivity index (χ1n) is 9.87. The fraction of sp³-hybridized carbons (Fsp3) is 0.762. The number of carboxylic acid groups (broad SMARTS) is 1. The van der Waals surface area contributed by atoms with E-state index in [2.05, 4.69) is 6.92 Å². The van der Waals surface area contributed by atoms with Crippen LogP contribution in [0.4, 0.5) is 8.78 Å². The number of allylic oxidation sites excluding steroid dienone is 3. The molecule has 0 amide bonds. The summed E-state index contributed by atoms with van der Waals surface area (Å²) in [7, 11) is 0. The average molecular weight is 354 g/mol. The van der Waals surface area contributed by atoms with Gasteiger partial charge in [-0.3, -0.25) is 4.79 Å². The normalized spacial score (nSPS) is 29.7. The van der Waals surface area contributed by atoms with E-state index in [1.807, 2.05) is 12.2 Å². The molecule has 1 atom stereocenters. The van der Waals surface area contributed by atoms with Gasteiger partial charge in [0.15, 0.2) is 0 Å². The number of rotatable bonds is 9. The minimum absolute atomic E-state index is 0.190. The van der Waals surface area contributed by atoms with Gasteiger partial charge in [0.05, 0.1) is 5.41 Å². The first kappa shape index (κ1) is 20.1. The van der Waals surface area contributed by atoms with Crippen molar-refractivity contribution in [3.63, 3.8) is 0 Å². The Kier molecular flexibility index (Phi) is 7.64. The van der Waals surface area contributed by atoms with Gasteiger partial charge in [-0.05, 0) is 49.5 Å². The summed E-state index contributed by atoms with van der Waals surface area (Å²) >= 11 is 0. The molecular formula is C21H32F2O2. The molecule has 0 aromatic rings. The molecule has 1 fully saturated rings. The zero-order valence-corrected chi connectivity index (χ0v) is 15.4. The maximum atomic E-state index is 12.8. The molecule has 0 radical (unpaired) electrons. The molecule has 0 aromatic heterocycles. The lowest BCUT2D eigenvalue weighted by molar-refractivity contribution is -0.148. The largest absolute Gasteiger partial charge is 0.481 e. The van der Waals surface area contributed by atoms with E-state index in [4.69, 9.17) is 0 Å². The minimum Gasteiger partial charge on any atom is -0.481 e. The van der Waals surface area contributed by atoms with Crippen molar-refractivity contribution in [3.8, 4) is 0 Å². The van der Waals surface area contributed by atoms with Gasteiger partial charge < -0.3 is 5.11 Å². The van der Waals surface area contributed by atoms with Crippen molar-refractivity contribution in [2.75, 3.05) is 0 Å². The molecule has 0 aromatic carbocycles. The maximum absolute atomic E-state index is 12.8. The summed E-state index contributed by atoms with van der Waals surface area (Å²) < 4.78 is 25.5. The summed E-state index contributed by atoms with van der Waals surface area (Å²) in [6, 6.07) is 0. The van der Waals surface area contributed by atoms with Crippen LogP contribution in [0.5, 0.6) is 0 Å². The Balaban J connectivity index is 1.83. The standard InChI is InChI=1S/C21H32F2O2/c1-2-3-4-5-6-16-7-9-17(10-8-16)18-11-13-21(14-12-18,20(24)25)15-19(22)23/h11-13,16-17,19H,2-10,14-15H2,1H3,(H,24,25)/t16-,17-,21?. The van der Waals surface area contributed by atoms with Gasteiger partial charge in [-0.1, -0.05) is 57.3 Å². The van der Waals surface area contributed by atoms with E-state index in [0.29, 0.717) is 5.92 Å². The van der Waals surface area contributed by atoms with Gasteiger partial charge in [0.25, 0.3) is 0 Å². The Bertz CT molecular complexity index is 490. The van der Waals surface area contributed by atoms with Crippen LogP contribution in [0.15, 0.2) is 23.8 Å². The number of carboxylic acids is 1. The van der Waals surface area contributed by atoms with Crippen molar-refractivity contribution in [2.24, 2.45) is 17.3 Å². The summed E-state index contributed by atoms with van der Waals surface area (Å²) in [5.41, 5.74) is -0.260. The number of hydrogen-bond acceptors (Lipinski definition) is 1. The van der Waals surface area contributed by atoms with Gasteiger partial charge in [-0.2, -0.15) is 0 Å². The molecule has 0 aliphatic heterocycles. The summed E-state index contributed by atoms with van der Waals surface area (Å²) in [4.78, 5) is 11.5. The Hall–Kier alpha value is -1.19. The lowest BCUT2D eigenvalue weighted by Gasteiger charge is -2.33. The number of unbranched alkanes of at least 4 members (excludes halogenated alkanes) is 3. The van der Waals surface area contributed by atoms with E-state index in [9.17, 15) is 18.7 Å². The highest BCUT2D eigenvalue weighted by Crippen LogP contribution is 2.41. The number of alkyl halides is 2. The second kappa shape index (κ2) is 9.49. The quantitative estimate of drug-likeness (QED) is 0.488. The predicted octanol–water partition coefficient (Wildman–Crippen LogP) is 6.38. The molecule has 142 valence electrons. The fourth-order valence-corrected chi connectivity index (χ4v) is 4.31. The molecule has 1 saturated carbocycles. The highest BCUT2D eigenvalue weighted by molar-refractivity contribution is 5.78. The molecule has 0 bridgehead atoms. The number of carbonyl (C=O) groups is 1. The van der Waals surface area contributed by atoms with Crippen molar-refractivity contribution in [1.82, 2.24) is 0 Å². The van der Waals surface area contributed by atoms with E-state index in [-0.39, 0.29) is 6.42 Å². The van der Waals surface area contributed by atoms with Crippen molar-refractivity contribution >= 4 is 5.97 Å². The van der Waals surface area contributed by atoms with E-state index >= 15 is 0 Å². The van der Waals surface area contributed by atoms with Crippen molar-refractivity contribution in [3.05, 3.63) is 23.8 Å². The highest BCUT2D eigenvalue weighted by atomic mass is 19.3. The van der Waals surface area contributed by atoms with Crippen LogP contribution in [0.25, 0.3) is 0 Å². The summed E-state index contributed by atoms with van der Waals surface area (Å²) in [6.45, 7) is 2.23. The van der Waals surface area contributed by atoms with E-state index in [1.165, 1.54) is 51.0 Å². The third kappa shape index (κ3) is 5.65. The van der Waals surface area contributed by atoms with Gasteiger partial charge in [-0.15, -0.1) is 0 Å². The molecule has 1 N–H and O–H groups in total. The van der Waals surface area contributed by atoms with E-state index in [1.54, 1.807) is 0 Å². The summed E-state index contributed by atoms with van der Waals surface area (Å²) in [5.74, 6) is 0.162. The van der Waals surface area contributed by atoms with Gasteiger partial charge in [0, 0.05) is 6.42 Å².